The maximum atomic E-state index is 12.7. The lowest BCUT2D eigenvalue weighted by Gasteiger charge is -2.19. The van der Waals surface area contributed by atoms with Crippen LogP contribution in [-0.2, 0) is 17.9 Å². The summed E-state index contributed by atoms with van der Waals surface area (Å²) in [6.45, 7) is 4.86. The van der Waals surface area contributed by atoms with Gasteiger partial charge in [-0.25, -0.2) is 4.68 Å². The number of rotatable bonds is 8. The minimum absolute atomic E-state index is 0.0543. The van der Waals surface area contributed by atoms with E-state index in [4.69, 9.17) is 4.42 Å². The molecule has 0 fully saturated rings. The van der Waals surface area contributed by atoms with Crippen molar-refractivity contribution in [2.24, 2.45) is 5.92 Å². The van der Waals surface area contributed by atoms with E-state index in [1.807, 2.05) is 38.1 Å². The fourth-order valence-corrected chi connectivity index (χ4v) is 3.32. The van der Waals surface area contributed by atoms with E-state index >= 15 is 0 Å². The molecule has 0 aliphatic heterocycles. The second kappa shape index (κ2) is 8.61. The Bertz CT molecular complexity index is 819. The lowest BCUT2D eigenvalue weighted by atomic mass is 10.1. The third-order valence-corrected chi connectivity index (χ3v) is 5.19. The van der Waals surface area contributed by atoms with Crippen molar-refractivity contribution in [3.05, 3.63) is 54.2 Å². The molecule has 3 aromatic rings. The average molecular weight is 372 g/mol. The Morgan fingerprint density at radius 3 is 2.92 bits per heavy atom. The van der Waals surface area contributed by atoms with E-state index in [0.29, 0.717) is 18.2 Å². The van der Waals surface area contributed by atoms with Gasteiger partial charge in [-0.15, -0.1) is 5.10 Å². The highest BCUT2D eigenvalue weighted by atomic mass is 32.2. The number of tetrazole rings is 1. The standard InChI is InChI=1S/C17H20N6O2S/c1-12(2)15(16(24)19-10-13-5-3-7-18-9-13)26-17-20-21-22-23(17)11-14-6-4-8-25-14/h3-9,12,15H,10-11H2,1-2H3,(H,19,24)/t15-/m1/s1. The van der Waals surface area contributed by atoms with Crippen LogP contribution in [0.5, 0.6) is 0 Å². The number of hydrogen-bond acceptors (Lipinski definition) is 7. The molecule has 136 valence electrons. The maximum Gasteiger partial charge on any atom is 0.234 e. The van der Waals surface area contributed by atoms with Crippen LogP contribution in [0.25, 0.3) is 0 Å². The molecule has 0 saturated carbocycles. The summed E-state index contributed by atoms with van der Waals surface area (Å²) in [5, 5.41) is 15.0. The Morgan fingerprint density at radius 2 is 2.23 bits per heavy atom. The number of pyridine rings is 1. The number of carbonyl (C=O) groups excluding carboxylic acids is 1. The van der Waals surface area contributed by atoms with E-state index in [2.05, 4.69) is 25.8 Å². The second-order valence-electron chi connectivity index (χ2n) is 6.06. The molecule has 1 N–H and O–H groups in total. The Balaban J connectivity index is 1.65. The molecule has 1 amide bonds. The van der Waals surface area contributed by atoms with Crippen LogP contribution < -0.4 is 5.32 Å². The van der Waals surface area contributed by atoms with E-state index in [1.54, 1.807) is 23.3 Å². The van der Waals surface area contributed by atoms with Crippen LogP contribution in [0.1, 0.15) is 25.2 Å². The molecule has 1 atom stereocenters. The number of amides is 1. The molecule has 0 aromatic carbocycles. The van der Waals surface area contributed by atoms with Gasteiger partial charge in [0.2, 0.25) is 11.1 Å². The molecule has 3 aromatic heterocycles. The summed E-state index contributed by atoms with van der Waals surface area (Å²) in [6.07, 6.45) is 5.05. The van der Waals surface area contributed by atoms with Crippen LogP contribution in [0, 0.1) is 5.92 Å². The Labute approximate surface area is 155 Å². The number of furan rings is 1. The number of nitrogens with zero attached hydrogens (tertiary/aromatic N) is 5. The number of aromatic nitrogens is 5. The lowest BCUT2D eigenvalue weighted by Crippen LogP contribution is -2.35. The van der Waals surface area contributed by atoms with Gasteiger partial charge in [0.05, 0.1) is 11.5 Å². The summed E-state index contributed by atoms with van der Waals surface area (Å²) in [5.41, 5.74) is 0.955. The average Bonchev–Trinajstić information content (AvgIpc) is 3.31. The summed E-state index contributed by atoms with van der Waals surface area (Å²) in [5.74, 6) is 0.810. The predicted molar refractivity (Wildman–Crippen MR) is 96.2 cm³/mol. The van der Waals surface area contributed by atoms with Crippen molar-refractivity contribution in [3.8, 4) is 0 Å². The minimum Gasteiger partial charge on any atom is -0.467 e. The first-order chi connectivity index (χ1) is 12.6. The molecule has 26 heavy (non-hydrogen) atoms. The quantitative estimate of drug-likeness (QED) is 0.605. The Hall–Kier alpha value is -2.68. The van der Waals surface area contributed by atoms with Crippen molar-refractivity contribution in [1.29, 1.82) is 0 Å². The van der Waals surface area contributed by atoms with Gasteiger partial charge in [0.25, 0.3) is 0 Å². The maximum absolute atomic E-state index is 12.7. The van der Waals surface area contributed by atoms with Crippen molar-refractivity contribution in [1.82, 2.24) is 30.5 Å². The highest BCUT2D eigenvalue weighted by molar-refractivity contribution is 8.00. The molecule has 0 spiro atoms. The summed E-state index contributed by atoms with van der Waals surface area (Å²) < 4.78 is 6.97. The molecule has 0 unspecified atom stereocenters. The van der Waals surface area contributed by atoms with Crippen LogP contribution in [0.3, 0.4) is 0 Å². The van der Waals surface area contributed by atoms with Crippen LogP contribution in [0.4, 0.5) is 0 Å². The van der Waals surface area contributed by atoms with Crippen molar-refractivity contribution in [2.75, 3.05) is 0 Å². The van der Waals surface area contributed by atoms with Crippen LogP contribution >= 0.6 is 11.8 Å². The first-order valence-corrected chi connectivity index (χ1v) is 9.13. The van der Waals surface area contributed by atoms with E-state index in [-0.39, 0.29) is 17.1 Å². The van der Waals surface area contributed by atoms with Gasteiger partial charge in [-0.1, -0.05) is 31.7 Å². The van der Waals surface area contributed by atoms with E-state index in [1.165, 1.54) is 11.8 Å². The molecule has 0 aliphatic rings. The predicted octanol–water partition coefficient (Wildman–Crippen LogP) is 2.14. The first kappa shape index (κ1) is 18.1. The van der Waals surface area contributed by atoms with E-state index in [0.717, 1.165) is 11.3 Å². The summed E-state index contributed by atoms with van der Waals surface area (Å²) in [7, 11) is 0. The molecule has 0 radical (unpaired) electrons. The van der Waals surface area contributed by atoms with Crippen LogP contribution in [0.2, 0.25) is 0 Å². The smallest absolute Gasteiger partial charge is 0.234 e. The Kier molecular flexibility index (Phi) is 6.00. The van der Waals surface area contributed by atoms with Crippen molar-refractivity contribution in [3.63, 3.8) is 0 Å². The minimum atomic E-state index is -0.312. The van der Waals surface area contributed by atoms with Gasteiger partial charge in [0, 0.05) is 18.9 Å². The van der Waals surface area contributed by atoms with Gasteiger partial charge in [-0.2, -0.15) is 0 Å². The molecule has 9 heteroatoms. The molecular formula is C17H20N6O2S. The number of thioether (sulfide) groups is 1. The molecule has 0 aliphatic carbocycles. The van der Waals surface area contributed by atoms with Crippen molar-refractivity contribution in [2.45, 2.75) is 37.3 Å². The second-order valence-corrected chi connectivity index (χ2v) is 7.17. The number of carbonyl (C=O) groups is 1. The summed E-state index contributed by atoms with van der Waals surface area (Å²) in [4.78, 5) is 16.7. The fourth-order valence-electron chi connectivity index (χ4n) is 2.33. The molecule has 8 nitrogen and oxygen atoms in total. The van der Waals surface area contributed by atoms with Crippen LogP contribution in [0.15, 0.2) is 52.5 Å². The highest BCUT2D eigenvalue weighted by Gasteiger charge is 2.26. The largest absolute Gasteiger partial charge is 0.467 e. The van der Waals surface area contributed by atoms with E-state index < -0.39 is 0 Å². The van der Waals surface area contributed by atoms with Gasteiger partial charge < -0.3 is 9.73 Å². The highest BCUT2D eigenvalue weighted by Crippen LogP contribution is 2.26. The molecule has 3 rings (SSSR count). The van der Waals surface area contributed by atoms with Gasteiger partial charge in [-0.05, 0) is 40.1 Å². The zero-order chi connectivity index (χ0) is 18.4. The molecule has 0 bridgehead atoms. The normalized spacial score (nSPS) is 12.3. The van der Waals surface area contributed by atoms with Crippen molar-refractivity contribution < 1.29 is 9.21 Å². The molecular weight excluding hydrogens is 352 g/mol. The lowest BCUT2D eigenvalue weighted by molar-refractivity contribution is -0.121. The monoisotopic (exact) mass is 372 g/mol. The van der Waals surface area contributed by atoms with Gasteiger partial charge >= 0.3 is 0 Å². The van der Waals surface area contributed by atoms with E-state index in [9.17, 15) is 4.79 Å². The van der Waals surface area contributed by atoms with Gasteiger partial charge in [0.15, 0.2) is 0 Å². The van der Waals surface area contributed by atoms with Gasteiger partial charge in [-0.3, -0.25) is 9.78 Å². The molecule has 3 heterocycles. The first-order valence-electron chi connectivity index (χ1n) is 8.25. The summed E-state index contributed by atoms with van der Waals surface area (Å²) >= 11 is 1.35. The third kappa shape index (κ3) is 4.69. The topological polar surface area (TPSA) is 98.7 Å². The van der Waals surface area contributed by atoms with Crippen LogP contribution in [-0.4, -0.2) is 36.3 Å². The fraction of sp³-hybridized carbons (Fsp3) is 0.353. The van der Waals surface area contributed by atoms with Gasteiger partial charge in [0.1, 0.15) is 12.3 Å². The molecule has 0 saturated heterocycles. The zero-order valence-electron chi connectivity index (χ0n) is 14.6. The number of hydrogen-bond donors (Lipinski definition) is 1. The number of nitrogens with one attached hydrogen (secondary N) is 1. The summed E-state index contributed by atoms with van der Waals surface area (Å²) in [6, 6.07) is 7.44. The zero-order valence-corrected chi connectivity index (χ0v) is 15.4. The Morgan fingerprint density at radius 1 is 1.35 bits per heavy atom. The SMILES string of the molecule is CC(C)[C@@H](Sc1nnnn1Cc1ccco1)C(=O)NCc1cccnc1. The third-order valence-electron chi connectivity index (χ3n) is 3.67. The van der Waals surface area contributed by atoms with Crippen molar-refractivity contribution >= 4 is 17.7 Å².